The van der Waals surface area contributed by atoms with Gasteiger partial charge in [0.1, 0.15) is 6.04 Å². The van der Waals surface area contributed by atoms with E-state index in [0.29, 0.717) is 29.6 Å². The van der Waals surface area contributed by atoms with E-state index in [-0.39, 0.29) is 29.7 Å². The van der Waals surface area contributed by atoms with Crippen molar-refractivity contribution in [2.75, 3.05) is 13.1 Å². The van der Waals surface area contributed by atoms with Gasteiger partial charge in [-0.2, -0.15) is 0 Å². The fourth-order valence-corrected chi connectivity index (χ4v) is 4.80. The van der Waals surface area contributed by atoms with E-state index < -0.39 is 6.04 Å². The fourth-order valence-electron chi connectivity index (χ4n) is 4.67. The number of halogens is 1. The molecule has 6 nitrogen and oxygen atoms in total. The number of nitrogens with one attached hydrogen (secondary N) is 2. The van der Waals surface area contributed by atoms with Crippen LogP contribution in [-0.4, -0.2) is 47.8 Å². The predicted octanol–water partition coefficient (Wildman–Crippen LogP) is 4.17. The number of benzene rings is 1. The summed E-state index contributed by atoms with van der Waals surface area (Å²) in [6.07, 6.45) is 7.85. The van der Waals surface area contributed by atoms with Gasteiger partial charge in [-0.25, -0.2) is 0 Å². The van der Waals surface area contributed by atoms with Crippen molar-refractivity contribution in [1.82, 2.24) is 15.5 Å². The molecule has 1 saturated heterocycles. The molecular weight excluding hydrogens is 426 g/mol. The Balaban J connectivity index is 1.53. The van der Waals surface area contributed by atoms with Crippen LogP contribution in [0, 0.1) is 11.8 Å². The van der Waals surface area contributed by atoms with Crippen molar-refractivity contribution in [2.24, 2.45) is 11.8 Å². The van der Waals surface area contributed by atoms with Crippen LogP contribution in [0.1, 0.15) is 75.6 Å². The van der Waals surface area contributed by atoms with Crippen molar-refractivity contribution < 1.29 is 14.4 Å². The number of likely N-dealkylation sites (tertiary alicyclic amines) is 1. The van der Waals surface area contributed by atoms with Crippen LogP contribution in [0.25, 0.3) is 0 Å². The molecule has 3 rings (SSSR count). The first-order chi connectivity index (χ1) is 15.4. The molecule has 1 aliphatic heterocycles. The summed E-state index contributed by atoms with van der Waals surface area (Å²) in [5, 5.41) is 6.59. The first-order valence-electron chi connectivity index (χ1n) is 12.0. The molecule has 0 bridgehead atoms. The molecule has 2 N–H and O–H groups in total. The second kappa shape index (κ2) is 11.7. The van der Waals surface area contributed by atoms with E-state index in [0.717, 1.165) is 44.9 Å². The Morgan fingerprint density at radius 1 is 1.03 bits per heavy atom. The number of nitrogens with zero attached hydrogens (tertiary/aromatic N) is 1. The molecule has 1 heterocycles. The van der Waals surface area contributed by atoms with Crippen molar-refractivity contribution >= 4 is 29.3 Å². The molecule has 32 heavy (non-hydrogen) atoms. The third kappa shape index (κ3) is 6.47. The van der Waals surface area contributed by atoms with Crippen molar-refractivity contribution in [3.63, 3.8) is 0 Å². The summed E-state index contributed by atoms with van der Waals surface area (Å²) in [5.74, 6) is 0.0443. The smallest absolute Gasteiger partial charge is 0.251 e. The van der Waals surface area contributed by atoms with Gasteiger partial charge in [0.25, 0.3) is 5.91 Å². The van der Waals surface area contributed by atoms with Gasteiger partial charge in [-0.15, -0.1) is 0 Å². The van der Waals surface area contributed by atoms with E-state index >= 15 is 0 Å². The highest BCUT2D eigenvalue weighted by molar-refractivity contribution is 6.30. The highest BCUT2D eigenvalue weighted by Gasteiger charge is 2.32. The number of carbonyl (C=O) groups excluding carboxylic acids is 3. The van der Waals surface area contributed by atoms with E-state index in [9.17, 15) is 14.4 Å². The molecule has 0 radical (unpaired) electrons. The number of hydrogen-bond donors (Lipinski definition) is 2. The summed E-state index contributed by atoms with van der Waals surface area (Å²) >= 11 is 5.91. The Bertz CT molecular complexity index is 784. The van der Waals surface area contributed by atoms with Crippen molar-refractivity contribution in [2.45, 2.75) is 77.3 Å². The van der Waals surface area contributed by atoms with Gasteiger partial charge in [0, 0.05) is 35.6 Å². The molecule has 1 saturated carbocycles. The number of carbonyl (C=O) groups is 3. The molecule has 2 atom stereocenters. The van der Waals surface area contributed by atoms with Gasteiger partial charge in [-0.1, -0.05) is 51.1 Å². The van der Waals surface area contributed by atoms with Crippen molar-refractivity contribution in [1.29, 1.82) is 0 Å². The van der Waals surface area contributed by atoms with Crippen LogP contribution in [0.5, 0.6) is 0 Å². The lowest BCUT2D eigenvalue weighted by atomic mass is 9.87. The van der Waals surface area contributed by atoms with Crippen LogP contribution in [0.3, 0.4) is 0 Å². The minimum Gasteiger partial charge on any atom is -0.351 e. The Hall–Kier alpha value is -2.08. The van der Waals surface area contributed by atoms with Gasteiger partial charge < -0.3 is 15.5 Å². The lowest BCUT2D eigenvalue weighted by Gasteiger charge is -2.36. The van der Waals surface area contributed by atoms with Gasteiger partial charge >= 0.3 is 0 Å². The summed E-state index contributed by atoms with van der Waals surface area (Å²) in [4.78, 5) is 40.5. The summed E-state index contributed by atoms with van der Waals surface area (Å²) in [6, 6.07) is 6.06. The standard InChI is InChI=1S/C25H36ClN3O3/c1-3-17(2)22(28-23(30)18-9-11-20(26)12-10-18)24(31)27-21-13-15-29(16-14-21)25(32)19-7-5-4-6-8-19/h9-12,17,19,21-22H,3-8,13-16H2,1-2H3,(H,27,31)(H,28,30). The van der Waals surface area contributed by atoms with Gasteiger partial charge in [0.15, 0.2) is 0 Å². The van der Waals surface area contributed by atoms with Crippen LogP contribution in [0.15, 0.2) is 24.3 Å². The molecule has 1 aromatic rings. The zero-order chi connectivity index (χ0) is 23.1. The molecule has 3 amide bonds. The molecule has 0 spiro atoms. The van der Waals surface area contributed by atoms with Gasteiger partial charge in [-0.05, 0) is 55.9 Å². The maximum atomic E-state index is 13.1. The molecule has 1 aromatic carbocycles. The number of amides is 3. The van der Waals surface area contributed by atoms with E-state index in [4.69, 9.17) is 11.6 Å². The fraction of sp³-hybridized carbons (Fsp3) is 0.640. The SMILES string of the molecule is CCC(C)C(NC(=O)c1ccc(Cl)cc1)C(=O)NC1CCN(C(=O)C2CCCCC2)CC1. The Kier molecular flexibility index (Phi) is 8.97. The molecule has 0 aromatic heterocycles. The summed E-state index contributed by atoms with van der Waals surface area (Å²) in [7, 11) is 0. The number of rotatable bonds is 7. The average Bonchev–Trinajstić information content (AvgIpc) is 2.82. The summed E-state index contributed by atoms with van der Waals surface area (Å²) in [5.41, 5.74) is 0.477. The first-order valence-corrected chi connectivity index (χ1v) is 12.4. The van der Waals surface area contributed by atoms with Crippen LogP contribution < -0.4 is 10.6 Å². The lowest BCUT2D eigenvalue weighted by Crippen LogP contribution is -2.55. The number of piperidine rings is 1. The summed E-state index contributed by atoms with van der Waals surface area (Å²) < 4.78 is 0. The predicted molar refractivity (Wildman–Crippen MR) is 126 cm³/mol. The van der Waals surface area contributed by atoms with E-state index in [1.54, 1.807) is 24.3 Å². The zero-order valence-electron chi connectivity index (χ0n) is 19.2. The van der Waals surface area contributed by atoms with Crippen LogP contribution in [0.4, 0.5) is 0 Å². The quantitative estimate of drug-likeness (QED) is 0.639. The van der Waals surface area contributed by atoms with Crippen molar-refractivity contribution in [3.8, 4) is 0 Å². The van der Waals surface area contributed by atoms with Gasteiger partial charge in [-0.3, -0.25) is 14.4 Å². The lowest BCUT2D eigenvalue weighted by molar-refractivity contribution is -0.137. The molecule has 1 aliphatic carbocycles. The van der Waals surface area contributed by atoms with Gasteiger partial charge in [0.2, 0.25) is 11.8 Å². The van der Waals surface area contributed by atoms with Crippen LogP contribution in [-0.2, 0) is 9.59 Å². The maximum Gasteiger partial charge on any atom is 0.251 e. The third-order valence-electron chi connectivity index (χ3n) is 7.00. The molecular formula is C25H36ClN3O3. The van der Waals surface area contributed by atoms with Crippen LogP contribution in [0.2, 0.25) is 5.02 Å². The molecule has 2 aliphatic rings. The van der Waals surface area contributed by atoms with Crippen LogP contribution >= 0.6 is 11.6 Å². The largest absolute Gasteiger partial charge is 0.351 e. The first kappa shape index (κ1) is 24.6. The minimum atomic E-state index is -0.606. The molecule has 7 heteroatoms. The number of hydrogen-bond acceptors (Lipinski definition) is 3. The maximum absolute atomic E-state index is 13.1. The zero-order valence-corrected chi connectivity index (χ0v) is 20.0. The third-order valence-corrected chi connectivity index (χ3v) is 7.25. The minimum absolute atomic E-state index is 0.000724. The Morgan fingerprint density at radius 3 is 2.25 bits per heavy atom. The topological polar surface area (TPSA) is 78.5 Å². The van der Waals surface area contributed by atoms with E-state index in [1.807, 2.05) is 18.7 Å². The highest BCUT2D eigenvalue weighted by atomic mass is 35.5. The Morgan fingerprint density at radius 2 is 1.66 bits per heavy atom. The highest BCUT2D eigenvalue weighted by Crippen LogP contribution is 2.26. The van der Waals surface area contributed by atoms with Gasteiger partial charge in [0.05, 0.1) is 0 Å². The summed E-state index contributed by atoms with van der Waals surface area (Å²) in [6.45, 7) is 5.35. The molecule has 2 unspecified atom stereocenters. The average molecular weight is 462 g/mol. The Labute approximate surface area is 196 Å². The van der Waals surface area contributed by atoms with Crippen molar-refractivity contribution in [3.05, 3.63) is 34.9 Å². The normalized spacial score (nSPS) is 19.8. The monoisotopic (exact) mass is 461 g/mol. The molecule has 2 fully saturated rings. The van der Waals surface area contributed by atoms with E-state index in [2.05, 4.69) is 10.6 Å². The van der Waals surface area contributed by atoms with E-state index in [1.165, 1.54) is 6.42 Å². The molecule has 176 valence electrons. The second-order valence-electron chi connectivity index (χ2n) is 9.29. The second-order valence-corrected chi connectivity index (χ2v) is 9.72.